The Morgan fingerprint density at radius 1 is 1.00 bits per heavy atom. The molecule has 1 aromatic carbocycles. The molecule has 0 fully saturated rings. The minimum Gasteiger partial charge on any atom is -0.508 e. The van der Waals surface area contributed by atoms with E-state index >= 15 is 0 Å². The molecule has 76 valence electrons. The lowest BCUT2D eigenvalue weighted by molar-refractivity contribution is 0.475. The topological polar surface area (TPSA) is 48.9 Å². The molecule has 0 saturated carbocycles. The number of phenolic OH excluding ortho intramolecular Hbond substituents is 1. The maximum Gasteiger partial charge on any atom is 0.115 e. The molecule has 0 atom stereocenters. The zero-order chi connectivity index (χ0) is 8.39. The van der Waals surface area contributed by atoms with Crippen molar-refractivity contribution in [2.24, 2.45) is 0 Å². The Labute approximate surface area is 94.0 Å². The maximum atomic E-state index is 9.03. The van der Waals surface area contributed by atoms with Crippen LogP contribution in [-0.2, 0) is 0 Å². The van der Waals surface area contributed by atoms with Gasteiger partial charge in [-0.3, -0.25) is 5.10 Å². The van der Waals surface area contributed by atoms with Crippen LogP contribution in [0.2, 0.25) is 0 Å². The molecule has 0 radical (unpaired) electrons. The molecule has 0 aliphatic rings. The fourth-order valence-corrected chi connectivity index (χ4v) is 1.06. The van der Waals surface area contributed by atoms with Crippen molar-refractivity contribution in [1.29, 1.82) is 0 Å². The molecule has 0 spiro atoms. The summed E-state index contributed by atoms with van der Waals surface area (Å²) in [6.07, 6.45) is 3.55. The number of nitrogens with one attached hydrogen (secondary N) is 1. The number of aromatic hydroxyl groups is 1. The number of H-pyrrole nitrogens is 1. The second kappa shape index (κ2) is 5.52. The van der Waals surface area contributed by atoms with E-state index in [2.05, 4.69) is 10.2 Å². The third kappa shape index (κ3) is 2.65. The van der Waals surface area contributed by atoms with Gasteiger partial charge in [-0.15, -0.1) is 24.8 Å². The molecule has 2 aromatic rings. The molecule has 2 rings (SSSR count). The van der Waals surface area contributed by atoms with Crippen LogP contribution in [0.15, 0.2) is 36.7 Å². The van der Waals surface area contributed by atoms with Gasteiger partial charge in [-0.2, -0.15) is 5.10 Å². The summed E-state index contributed by atoms with van der Waals surface area (Å²) in [5.74, 6) is 0.280. The zero-order valence-corrected chi connectivity index (χ0v) is 8.81. The Morgan fingerprint density at radius 3 is 2.14 bits per heavy atom. The molecule has 0 aliphatic carbocycles. The van der Waals surface area contributed by atoms with Gasteiger partial charge in [-0.1, -0.05) is 12.1 Å². The van der Waals surface area contributed by atoms with Gasteiger partial charge in [-0.05, 0) is 17.7 Å². The molecule has 0 amide bonds. The van der Waals surface area contributed by atoms with Crippen molar-refractivity contribution in [3.63, 3.8) is 0 Å². The molecule has 1 heterocycles. The van der Waals surface area contributed by atoms with Gasteiger partial charge in [0, 0.05) is 11.8 Å². The van der Waals surface area contributed by atoms with Crippen LogP contribution >= 0.6 is 24.8 Å². The Balaban J connectivity index is 0.000000845. The van der Waals surface area contributed by atoms with Gasteiger partial charge in [0.05, 0.1) is 6.20 Å². The number of aromatic nitrogens is 2. The largest absolute Gasteiger partial charge is 0.508 e. The molecule has 5 heteroatoms. The van der Waals surface area contributed by atoms with Gasteiger partial charge in [0.15, 0.2) is 0 Å². The Bertz CT molecular complexity index is 359. The van der Waals surface area contributed by atoms with E-state index in [4.69, 9.17) is 5.11 Å². The van der Waals surface area contributed by atoms with E-state index in [0.717, 1.165) is 11.1 Å². The first-order chi connectivity index (χ1) is 5.86. The number of nitrogens with zero attached hydrogens (tertiary/aromatic N) is 1. The van der Waals surface area contributed by atoms with E-state index in [9.17, 15) is 0 Å². The van der Waals surface area contributed by atoms with Gasteiger partial charge in [0.2, 0.25) is 0 Å². The molecular weight excluding hydrogens is 223 g/mol. The molecular formula is C9H10Cl2N2O. The SMILES string of the molecule is Cl.Cl.Oc1ccc(-c2cn[nH]c2)cc1. The van der Waals surface area contributed by atoms with Gasteiger partial charge in [0.25, 0.3) is 0 Å². The van der Waals surface area contributed by atoms with E-state index in [0.29, 0.717) is 0 Å². The maximum absolute atomic E-state index is 9.03. The molecule has 14 heavy (non-hydrogen) atoms. The van der Waals surface area contributed by atoms with Crippen molar-refractivity contribution in [2.45, 2.75) is 0 Å². The number of aromatic amines is 1. The average Bonchev–Trinajstić information content (AvgIpc) is 2.58. The quantitative estimate of drug-likeness (QED) is 0.795. The third-order valence-corrected chi connectivity index (χ3v) is 1.70. The molecule has 0 bridgehead atoms. The zero-order valence-electron chi connectivity index (χ0n) is 7.18. The van der Waals surface area contributed by atoms with E-state index in [1.165, 1.54) is 0 Å². The Morgan fingerprint density at radius 2 is 1.64 bits per heavy atom. The van der Waals surface area contributed by atoms with Crippen LogP contribution in [0.1, 0.15) is 0 Å². The van der Waals surface area contributed by atoms with Crippen molar-refractivity contribution in [3.8, 4) is 16.9 Å². The third-order valence-electron chi connectivity index (χ3n) is 1.70. The summed E-state index contributed by atoms with van der Waals surface area (Å²) in [5, 5.41) is 15.6. The van der Waals surface area contributed by atoms with Crippen LogP contribution in [-0.4, -0.2) is 15.3 Å². The second-order valence-electron chi connectivity index (χ2n) is 2.53. The predicted octanol–water partition coefficient (Wildman–Crippen LogP) is 2.63. The van der Waals surface area contributed by atoms with Crippen LogP contribution in [0.4, 0.5) is 0 Å². The Kier molecular flexibility index (Phi) is 5.05. The van der Waals surface area contributed by atoms with Gasteiger partial charge in [-0.25, -0.2) is 0 Å². The summed E-state index contributed by atoms with van der Waals surface area (Å²) in [7, 11) is 0. The average molecular weight is 233 g/mol. The highest BCUT2D eigenvalue weighted by molar-refractivity contribution is 5.85. The first kappa shape index (κ1) is 12.8. The highest BCUT2D eigenvalue weighted by Gasteiger charge is 1.96. The van der Waals surface area contributed by atoms with Crippen LogP contribution < -0.4 is 0 Å². The minimum absolute atomic E-state index is 0. The van der Waals surface area contributed by atoms with Crippen LogP contribution in [0.25, 0.3) is 11.1 Å². The summed E-state index contributed by atoms with van der Waals surface area (Å²) in [6, 6.07) is 7.00. The van der Waals surface area contributed by atoms with E-state index in [1.807, 2.05) is 18.3 Å². The number of halogens is 2. The van der Waals surface area contributed by atoms with Crippen molar-refractivity contribution in [1.82, 2.24) is 10.2 Å². The minimum atomic E-state index is 0. The fourth-order valence-electron chi connectivity index (χ4n) is 1.06. The van der Waals surface area contributed by atoms with Crippen molar-refractivity contribution in [2.75, 3.05) is 0 Å². The highest BCUT2D eigenvalue weighted by Crippen LogP contribution is 2.19. The fraction of sp³-hybridized carbons (Fsp3) is 0. The standard InChI is InChI=1S/C9H8N2O.2ClH/c12-9-3-1-7(2-4-9)8-5-10-11-6-8;;/h1-6,12H,(H,10,11);2*1H. The first-order valence-electron chi connectivity index (χ1n) is 3.64. The summed E-state index contributed by atoms with van der Waals surface area (Å²) in [5.41, 5.74) is 2.07. The van der Waals surface area contributed by atoms with E-state index < -0.39 is 0 Å². The number of hydrogen-bond donors (Lipinski definition) is 2. The van der Waals surface area contributed by atoms with Crippen LogP contribution in [0.5, 0.6) is 5.75 Å². The lowest BCUT2D eigenvalue weighted by Crippen LogP contribution is -1.71. The van der Waals surface area contributed by atoms with E-state index in [1.54, 1.807) is 18.3 Å². The van der Waals surface area contributed by atoms with Crippen molar-refractivity contribution >= 4 is 24.8 Å². The molecule has 0 unspecified atom stereocenters. The van der Waals surface area contributed by atoms with Crippen LogP contribution in [0, 0.1) is 0 Å². The van der Waals surface area contributed by atoms with E-state index in [-0.39, 0.29) is 30.6 Å². The number of hydrogen-bond acceptors (Lipinski definition) is 2. The number of rotatable bonds is 1. The smallest absolute Gasteiger partial charge is 0.115 e. The summed E-state index contributed by atoms with van der Waals surface area (Å²) < 4.78 is 0. The molecule has 0 aliphatic heterocycles. The normalized spacial score (nSPS) is 8.57. The van der Waals surface area contributed by atoms with Gasteiger partial charge >= 0.3 is 0 Å². The summed E-state index contributed by atoms with van der Waals surface area (Å²) >= 11 is 0. The van der Waals surface area contributed by atoms with Crippen LogP contribution in [0.3, 0.4) is 0 Å². The predicted molar refractivity (Wildman–Crippen MR) is 60.2 cm³/mol. The lowest BCUT2D eigenvalue weighted by Gasteiger charge is -1.95. The highest BCUT2D eigenvalue weighted by atomic mass is 35.5. The molecule has 2 N–H and O–H groups in total. The van der Waals surface area contributed by atoms with Gasteiger partial charge < -0.3 is 5.11 Å². The summed E-state index contributed by atoms with van der Waals surface area (Å²) in [4.78, 5) is 0. The van der Waals surface area contributed by atoms with Crippen molar-refractivity contribution in [3.05, 3.63) is 36.7 Å². The Hall–Kier alpha value is -1.19. The number of phenols is 1. The number of benzene rings is 1. The summed E-state index contributed by atoms with van der Waals surface area (Å²) in [6.45, 7) is 0. The van der Waals surface area contributed by atoms with Gasteiger partial charge in [0.1, 0.15) is 5.75 Å². The monoisotopic (exact) mass is 232 g/mol. The van der Waals surface area contributed by atoms with Crippen molar-refractivity contribution < 1.29 is 5.11 Å². The second-order valence-corrected chi connectivity index (χ2v) is 2.53. The molecule has 0 saturated heterocycles. The lowest BCUT2D eigenvalue weighted by atomic mass is 10.1. The molecule has 3 nitrogen and oxygen atoms in total. The first-order valence-corrected chi connectivity index (χ1v) is 3.64. The molecule has 1 aromatic heterocycles.